The number of hydrogen-bond acceptors (Lipinski definition) is 2. The Bertz CT molecular complexity index is 483. The second-order valence-electron chi connectivity index (χ2n) is 4.36. The molecule has 0 radical (unpaired) electrons. The fourth-order valence-corrected chi connectivity index (χ4v) is 2.49. The average molecular weight is 300 g/mol. The van der Waals surface area contributed by atoms with Crippen molar-refractivity contribution in [2.45, 2.75) is 12.8 Å². The normalized spacial score (nSPS) is 13.1. The third-order valence-corrected chi connectivity index (χ3v) is 3.50. The lowest BCUT2D eigenvalue weighted by atomic mass is 9.91. The number of rotatable bonds is 5. The highest BCUT2D eigenvalue weighted by molar-refractivity contribution is 6.32. The van der Waals surface area contributed by atoms with Gasteiger partial charge in [0.1, 0.15) is 5.75 Å². The quantitative estimate of drug-likeness (QED) is 0.658. The molecule has 1 aliphatic carbocycles. The molecule has 0 saturated heterocycles. The Hall–Kier alpha value is -0.960. The predicted molar refractivity (Wildman–Crippen MR) is 84.6 cm³/mol. The SMILES string of the molecule is C=CCNCC1=Cc2c(Cl)ccc(OC)c2CC1.Cl. The molecule has 19 heavy (non-hydrogen) atoms. The van der Waals surface area contributed by atoms with Gasteiger partial charge in [-0.25, -0.2) is 0 Å². The predicted octanol–water partition coefficient (Wildman–Crippen LogP) is 3.88. The van der Waals surface area contributed by atoms with E-state index < -0.39 is 0 Å². The minimum atomic E-state index is 0. The van der Waals surface area contributed by atoms with Gasteiger partial charge < -0.3 is 10.1 Å². The van der Waals surface area contributed by atoms with Crippen molar-refractivity contribution in [1.82, 2.24) is 5.32 Å². The monoisotopic (exact) mass is 299 g/mol. The molecule has 1 N–H and O–H groups in total. The van der Waals surface area contributed by atoms with E-state index in [9.17, 15) is 0 Å². The molecule has 0 fully saturated rings. The van der Waals surface area contributed by atoms with Gasteiger partial charge in [0.2, 0.25) is 0 Å². The van der Waals surface area contributed by atoms with Crippen LogP contribution in [-0.2, 0) is 6.42 Å². The van der Waals surface area contributed by atoms with Gasteiger partial charge in [-0.2, -0.15) is 0 Å². The van der Waals surface area contributed by atoms with Crippen molar-refractivity contribution < 1.29 is 4.74 Å². The minimum absolute atomic E-state index is 0. The van der Waals surface area contributed by atoms with Gasteiger partial charge in [0.25, 0.3) is 0 Å². The summed E-state index contributed by atoms with van der Waals surface area (Å²) in [5.74, 6) is 0.934. The summed E-state index contributed by atoms with van der Waals surface area (Å²) in [7, 11) is 1.70. The Morgan fingerprint density at radius 2 is 2.21 bits per heavy atom. The smallest absolute Gasteiger partial charge is 0.122 e. The molecule has 0 aliphatic heterocycles. The van der Waals surface area contributed by atoms with E-state index >= 15 is 0 Å². The van der Waals surface area contributed by atoms with E-state index in [0.717, 1.165) is 42.3 Å². The van der Waals surface area contributed by atoms with Crippen molar-refractivity contribution in [3.05, 3.63) is 46.5 Å². The van der Waals surface area contributed by atoms with Crippen molar-refractivity contribution in [2.75, 3.05) is 20.2 Å². The summed E-state index contributed by atoms with van der Waals surface area (Å²) in [6.45, 7) is 5.41. The third kappa shape index (κ3) is 3.75. The molecule has 0 aromatic heterocycles. The zero-order chi connectivity index (χ0) is 13.0. The molecule has 2 rings (SSSR count). The summed E-state index contributed by atoms with van der Waals surface area (Å²) >= 11 is 6.26. The van der Waals surface area contributed by atoms with Gasteiger partial charge in [-0.1, -0.05) is 29.3 Å². The van der Waals surface area contributed by atoms with E-state index in [-0.39, 0.29) is 12.4 Å². The van der Waals surface area contributed by atoms with Gasteiger partial charge in [-0.3, -0.25) is 0 Å². The summed E-state index contributed by atoms with van der Waals surface area (Å²) in [5.41, 5.74) is 3.70. The topological polar surface area (TPSA) is 21.3 Å². The third-order valence-electron chi connectivity index (χ3n) is 3.17. The first-order chi connectivity index (χ1) is 8.76. The Balaban J connectivity index is 0.00000180. The Labute approximate surface area is 125 Å². The average Bonchev–Trinajstić information content (AvgIpc) is 2.40. The van der Waals surface area contributed by atoms with Crippen LogP contribution in [0.3, 0.4) is 0 Å². The van der Waals surface area contributed by atoms with Crippen LogP contribution in [0, 0.1) is 0 Å². The first kappa shape index (κ1) is 16.1. The minimum Gasteiger partial charge on any atom is -0.496 e. The number of hydrogen-bond donors (Lipinski definition) is 1. The summed E-state index contributed by atoms with van der Waals surface area (Å²) in [4.78, 5) is 0. The van der Waals surface area contributed by atoms with E-state index in [0.29, 0.717) is 0 Å². The maximum absolute atomic E-state index is 6.26. The molecule has 0 unspecified atom stereocenters. The van der Waals surface area contributed by atoms with Crippen molar-refractivity contribution in [1.29, 1.82) is 0 Å². The molecular weight excluding hydrogens is 281 g/mol. The molecule has 2 nitrogen and oxygen atoms in total. The number of benzene rings is 1. The Kier molecular flexibility index (Phi) is 6.43. The lowest BCUT2D eigenvalue weighted by molar-refractivity contribution is 0.409. The van der Waals surface area contributed by atoms with E-state index in [4.69, 9.17) is 16.3 Å². The fourth-order valence-electron chi connectivity index (χ4n) is 2.26. The molecule has 1 aromatic rings. The second kappa shape index (κ2) is 7.59. The molecule has 0 atom stereocenters. The van der Waals surface area contributed by atoms with Crippen LogP contribution in [0.25, 0.3) is 6.08 Å². The zero-order valence-electron chi connectivity index (χ0n) is 11.0. The Morgan fingerprint density at radius 1 is 1.42 bits per heavy atom. The van der Waals surface area contributed by atoms with Gasteiger partial charge in [-0.05, 0) is 30.5 Å². The van der Waals surface area contributed by atoms with E-state index in [1.807, 2.05) is 18.2 Å². The molecule has 0 bridgehead atoms. The first-order valence-corrected chi connectivity index (χ1v) is 6.50. The van der Waals surface area contributed by atoms with Crippen LogP contribution in [0.2, 0.25) is 5.02 Å². The molecule has 0 saturated carbocycles. The highest BCUT2D eigenvalue weighted by atomic mass is 35.5. The fraction of sp³-hybridized carbons (Fsp3) is 0.333. The first-order valence-electron chi connectivity index (χ1n) is 6.12. The van der Waals surface area contributed by atoms with E-state index in [1.165, 1.54) is 11.1 Å². The number of ether oxygens (including phenoxy) is 1. The van der Waals surface area contributed by atoms with Crippen molar-refractivity contribution in [2.24, 2.45) is 0 Å². The van der Waals surface area contributed by atoms with Gasteiger partial charge in [-0.15, -0.1) is 19.0 Å². The highest BCUT2D eigenvalue weighted by Crippen LogP contribution is 2.35. The van der Waals surface area contributed by atoms with Crippen molar-refractivity contribution in [3.8, 4) is 5.75 Å². The molecule has 1 aliphatic rings. The summed E-state index contributed by atoms with van der Waals surface area (Å²) in [6.07, 6.45) is 6.08. The Morgan fingerprint density at radius 3 is 2.89 bits per heavy atom. The van der Waals surface area contributed by atoms with Crippen molar-refractivity contribution >= 4 is 30.1 Å². The second-order valence-corrected chi connectivity index (χ2v) is 4.77. The maximum atomic E-state index is 6.26. The summed E-state index contributed by atoms with van der Waals surface area (Å²) in [6, 6.07) is 3.84. The van der Waals surface area contributed by atoms with Gasteiger partial charge in [0.15, 0.2) is 0 Å². The molecule has 0 amide bonds. The summed E-state index contributed by atoms with van der Waals surface area (Å²) < 4.78 is 5.38. The summed E-state index contributed by atoms with van der Waals surface area (Å²) in [5, 5.41) is 4.12. The van der Waals surface area contributed by atoms with Crippen LogP contribution in [0.15, 0.2) is 30.4 Å². The molecule has 104 valence electrons. The number of nitrogens with one attached hydrogen (secondary N) is 1. The van der Waals surface area contributed by atoms with Gasteiger partial charge in [0, 0.05) is 23.7 Å². The van der Waals surface area contributed by atoms with Crippen LogP contribution >= 0.6 is 24.0 Å². The number of methoxy groups -OCH3 is 1. The molecule has 4 heteroatoms. The highest BCUT2D eigenvalue weighted by Gasteiger charge is 2.16. The van der Waals surface area contributed by atoms with Gasteiger partial charge >= 0.3 is 0 Å². The zero-order valence-corrected chi connectivity index (χ0v) is 12.6. The number of fused-ring (bicyclic) bond motifs is 1. The lowest BCUT2D eigenvalue weighted by Gasteiger charge is -2.20. The maximum Gasteiger partial charge on any atom is 0.122 e. The van der Waals surface area contributed by atoms with E-state index in [2.05, 4.69) is 18.0 Å². The van der Waals surface area contributed by atoms with Crippen molar-refractivity contribution in [3.63, 3.8) is 0 Å². The van der Waals surface area contributed by atoms with Crippen LogP contribution in [-0.4, -0.2) is 20.2 Å². The number of halogens is 2. The molecule has 1 aromatic carbocycles. The van der Waals surface area contributed by atoms with Crippen LogP contribution in [0.1, 0.15) is 17.5 Å². The van der Waals surface area contributed by atoms with Crippen LogP contribution < -0.4 is 10.1 Å². The van der Waals surface area contributed by atoms with Gasteiger partial charge in [0.05, 0.1) is 7.11 Å². The standard InChI is InChI=1S/C15H18ClNO.ClH/c1-3-8-17-10-11-4-5-12-13(9-11)14(16)6-7-15(12)18-2;/h3,6-7,9,17H,1,4-5,8,10H2,2H3;1H. The molecule has 0 spiro atoms. The lowest BCUT2D eigenvalue weighted by Crippen LogP contribution is -2.18. The van der Waals surface area contributed by atoms with Crippen LogP contribution in [0.5, 0.6) is 5.75 Å². The largest absolute Gasteiger partial charge is 0.496 e. The molecular formula is C15H19Cl2NO. The molecule has 0 heterocycles. The van der Waals surface area contributed by atoms with Crippen LogP contribution in [0.4, 0.5) is 0 Å². The van der Waals surface area contributed by atoms with E-state index in [1.54, 1.807) is 7.11 Å².